The quantitative estimate of drug-likeness (QED) is 0.152. The molecule has 1 aliphatic heterocycles. The van der Waals surface area contributed by atoms with Crippen LogP contribution in [0.3, 0.4) is 0 Å². The van der Waals surface area contributed by atoms with Gasteiger partial charge in [-0.3, -0.25) is 14.4 Å². The lowest BCUT2D eigenvalue weighted by Crippen LogP contribution is -2.72. The van der Waals surface area contributed by atoms with Gasteiger partial charge in [0, 0.05) is 67.5 Å². The van der Waals surface area contributed by atoms with Crippen LogP contribution in [-0.4, -0.2) is 75.2 Å². The molecule has 0 N–H and O–H groups in total. The van der Waals surface area contributed by atoms with Crippen molar-refractivity contribution < 1.29 is 52.0 Å². The Balaban J connectivity index is 1.83. The molecule has 0 unspecified atom stereocenters. The smallest absolute Gasteiger partial charge is 0.333 e. The average Bonchev–Trinajstić information content (AvgIpc) is 3.73. The summed E-state index contributed by atoms with van der Waals surface area (Å²) in [6.07, 6.45) is 0.544. The van der Waals surface area contributed by atoms with Gasteiger partial charge in [-0.15, -0.1) is 0 Å². The van der Waals surface area contributed by atoms with Gasteiger partial charge in [0.2, 0.25) is 0 Å². The fourth-order valence-corrected chi connectivity index (χ4v) is 9.98. The molecule has 2 heterocycles. The Kier molecular flexibility index (Phi) is 9.31. The molecule has 1 aromatic heterocycles. The number of carbonyl (C=O) groups excluding carboxylic acids is 4. The van der Waals surface area contributed by atoms with E-state index in [-0.39, 0.29) is 30.9 Å². The maximum absolute atomic E-state index is 13.5. The molecule has 0 spiro atoms. The zero-order valence-corrected chi connectivity index (χ0v) is 28.9. The van der Waals surface area contributed by atoms with Gasteiger partial charge in [0.05, 0.1) is 38.5 Å². The molecular formula is C36H48O11. The third-order valence-electron chi connectivity index (χ3n) is 11.8. The lowest BCUT2D eigenvalue weighted by Gasteiger charge is -2.66. The van der Waals surface area contributed by atoms with Gasteiger partial charge in [0.25, 0.3) is 0 Å². The third-order valence-corrected chi connectivity index (χ3v) is 11.8. The monoisotopic (exact) mass is 656 g/mol. The van der Waals surface area contributed by atoms with Crippen LogP contribution in [0.1, 0.15) is 79.2 Å². The van der Waals surface area contributed by atoms with E-state index in [0.717, 1.165) is 16.7 Å². The van der Waals surface area contributed by atoms with Crippen LogP contribution in [-0.2, 0) is 47.6 Å². The van der Waals surface area contributed by atoms with E-state index in [4.69, 9.17) is 32.8 Å². The van der Waals surface area contributed by atoms with E-state index in [9.17, 15) is 19.2 Å². The van der Waals surface area contributed by atoms with Crippen molar-refractivity contribution in [2.24, 2.45) is 28.1 Å². The lowest BCUT2D eigenvalue weighted by molar-refractivity contribution is -0.260. The Morgan fingerprint density at radius 3 is 2.19 bits per heavy atom. The van der Waals surface area contributed by atoms with Gasteiger partial charge in [-0.05, 0) is 43.4 Å². The number of carbonyl (C=O) groups is 4. The number of hydrogen-bond donors (Lipinski definition) is 0. The maximum atomic E-state index is 13.5. The highest BCUT2D eigenvalue weighted by atomic mass is 16.6. The largest absolute Gasteiger partial charge is 0.472 e. The maximum Gasteiger partial charge on any atom is 0.333 e. The molecule has 11 atom stereocenters. The molecule has 11 nitrogen and oxygen atoms in total. The summed E-state index contributed by atoms with van der Waals surface area (Å²) in [6, 6.07) is 1.92. The van der Waals surface area contributed by atoms with Crippen LogP contribution in [0.25, 0.3) is 0 Å². The van der Waals surface area contributed by atoms with Crippen molar-refractivity contribution in [3.05, 3.63) is 47.5 Å². The Morgan fingerprint density at radius 1 is 0.979 bits per heavy atom. The molecule has 0 radical (unpaired) electrons. The molecule has 0 bridgehead atoms. The number of hydrogen-bond acceptors (Lipinski definition) is 11. The first kappa shape index (κ1) is 34.9. The predicted octanol–water partition coefficient (Wildman–Crippen LogP) is 5.08. The second kappa shape index (κ2) is 12.5. The Morgan fingerprint density at radius 2 is 1.64 bits per heavy atom. The summed E-state index contributed by atoms with van der Waals surface area (Å²) in [5.74, 6) is -3.20. The van der Waals surface area contributed by atoms with E-state index in [1.54, 1.807) is 26.6 Å². The van der Waals surface area contributed by atoms with Gasteiger partial charge in [-0.1, -0.05) is 32.9 Å². The van der Waals surface area contributed by atoms with Crippen molar-refractivity contribution in [2.75, 3.05) is 20.8 Å². The fourth-order valence-electron chi connectivity index (χ4n) is 9.98. The summed E-state index contributed by atoms with van der Waals surface area (Å²) in [5.41, 5.74) is 0.259. The molecule has 258 valence electrons. The summed E-state index contributed by atoms with van der Waals surface area (Å²) in [5, 5.41) is 0. The van der Waals surface area contributed by atoms with Crippen LogP contribution in [0.2, 0.25) is 0 Å². The number of ether oxygens (including phenoxy) is 6. The summed E-state index contributed by atoms with van der Waals surface area (Å²) in [7, 11) is 2.98. The van der Waals surface area contributed by atoms with Gasteiger partial charge < -0.3 is 32.8 Å². The van der Waals surface area contributed by atoms with Crippen molar-refractivity contribution in [3.8, 4) is 0 Å². The number of furan rings is 1. The first-order valence-electron chi connectivity index (χ1n) is 16.2. The van der Waals surface area contributed by atoms with Gasteiger partial charge in [0.1, 0.15) is 18.3 Å². The van der Waals surface area contributed by atoms with Crippen molar-refractivity contribution in [2.45, 2.75) is 104 Å². The minimum absolute atomic E-state index is 0.0638. The number of allylic oxidation sites excluding steroid dienone is 1. The SMILES string of the molecule is C=C(C)C(=O)O[C@@H]1[C@@H]2OC[C@]3(C)[C@H](OC(C)=O)C[C@H](OC(C)=O)[C@@](C)([C@@H]23)[C@@H](CC(=O)OC)[C@]1(C)C1=C(C)[C@H](c2ccoc2)C[C@@H]1OC. The fraction of sp³-hybridized carbons (Fsp3) is 0.667. The molecular weight excluding hydrogens is 608 g/mol. The highest BCUT2D eigenvalue weighted by Crippen LogP contribution is 2.72. The molecule has 0 aromatic carbocycles. The highest BCUT2D eigenvalue weighted by molar-refractivity contribution is 5.87. The van der Waals surface area contributed by atoms with Crippen LogP contribution < -0.4 is 0 Å². The van der Waals surface area contributed by atoms with Gasteiger partial charge in [-0.25, -0.2) is 4.79 Å². The first-order chi connectivity index (χ1) is 22.0. The highest BCUT2D eigenvalue weighted by Gasteiger charge is 2.77. The van der Waals surface area contributed by atoms with Crippen LogP contribution in [0, 0.1) is 28.1 Å². The molecule has 3 aliphatic carbocycles. The molecule has 1 saturated heterocycles. The Hall–Kier alpha value is -3.44. The molecule has 4 aliphatic rings. The lowest BCUT2D eigenvalue weighted by atomic mass is 9.39. The van der Waals surface area contributed by atoms with E-state index in [0.29, 0.717) is 6.42 Å². The van der Waals surface area contributed by atoms with E-state index in [1.165, 1.54) is 21.0 Å². The standard InChI is InChI=1S/C36H48O11/c1-18(2)33(40)47-32-30-31-34(6,17-44-30)26(45-20(4)37)15-27(46-21(5)38)35(31,7)25(14-28(39)42-10)36(32,8)29-19(3)23(13-24(29)41-9)22-11-12-43-16-22/h11-12,16,23-27,30-32H,1,13-15,17H2,2-10H3/t23-,24+,25-,26-,27+,30-,31+,32-,34-,35+,36-/m1/s1. The molecule has 2 saturated carbocycles. The minimum atomic E-state index is -1.10. The topological polar surface area (TPSA) is 137 Å². The zero-order valence-electron chi connectivity index (χ0n) is 28.9. The van der Waals surface area contributed by atoms with Crippen molar-refractivity contribution >= 4 is 23.9 Å². The molecule has 0 amide bonds. The molecule has 11 heteroatoms. The van der Waals surface area contributed by atoms with Crippen LogP contribution in [0.15, 0.2) is 46.3 Å². The Labute approximate surface area is 276 Å². The number of methoxy groups -OCH3 is 2. The van der Waals surface area contributed by atoms with Gasteiger partial charge in [-0.2, -0.15) is 0 Å². The molecule has 47 heavy (non-hydrogen) atoms. The second-order valence-electron chi connectivity index (χ2n) is 14.4. The second-order valence-corrected chi connectivity index (χ2v) is 14.4. The molecule has 5 rings (SSSR count). The van der Waals surface area contributed by atoms with Gasteiger partial charge >= 0.3 is 23.9 Å². The summed E-state index contributed by atoms with van der Waals surface area (Å²) < 4.78 is 42.2. The van der Waals surface area contributed by atoms with Crippen LogP contribution in [0.5, 0.6) is 0 Å². The van der Waals surface area contributed by atoms with E-state index < -0.39 is 82.5 Å². The van der Waals surface area contributed by atoms with Crippen LogP contribution in [0.4, 0.5) is 0 Å². The van der Waals surface area contributed by atoms with Gasteiger partial charge in [0.15, 0.2) is 0 Å². The normalized spacial score (nSPS) is 39.2. The number of esters is 4. The molecule has 3 fully saturated rings. The first-order valence-corrected chi connectivity index (χ1v) is 16.2. The van der Waals surface area contributed by atoms with Crippen molar-refractivity contribution in [3.63, 3.8) is 0 Å². The summed E-state index contributed by atoms with van der Waals surface area (Å²) >= 11 is 0. The average molecular weight is 657 g/mol. The minimum Gasteiger partial charge on any atom is -0.472 e. The van der Waals surface area contributed by atoms with Crippen molar-refractivity contribution in [1.82, 2.24) is 0 Å². The zero-order chi connectivity index (χ0) is 34.6. The Bertz CT molecular complexity index is 1460. The van der Waals surface area contributed by atoms with Crippen LogP contribution >= 0.6 is 0 Å². The van der Waals surface area contributed by atoms with E-state index in [1.807, 2.05) is 33.8 Å². The van der Waals surface area contributed by atoms with E-state index >= 15 is 0 Å². The van der Waals surface area contributed by atoms with Crippen molar-refractivity contribution in [1.29, 1.82) is 0 Å². The third kappa shape index (κ3) is 5.43. The summed E-state index contributed by atoms with van der Waals surface area (Å²) in [6.45, 7) is 16.4. The number of rotatable bonds is 9. The van der Waals surface area contributed by atoms with E-state index in [2.05, 4.69) is 6.58 Å². The molecule has 1 aromatic rings. The predicted molar refractivity (Wildman–Crippen MR) is 168 cm³/mol. The summed E-state index contributed by atoms with van der Waals surface area (Å²) in [4.78, 5) is 52.2.